The Morgan fingerprint density at radius 1 is 1.15 bits per heavy atom. The molecule has 1 amide bonds. The smallest absolute Gasteiger partial charge is 0.416 e. The van der Waals surface area contributed by atoms with Crippen molar-refractivity contribution >= 4 is 5.91 Å². The third kappa shape index (κ3) is 7.85. The molecule has 0 unspecified atom stereocenters. The number of ether oxygens (including phenoxy) is 2. The topological polar surface area (TPSA) is 69.5 Å². The van der Waals surface area contributed by atoms with E-state index in [1.165, 1.54) is 12.1 Å². The zero-order chi connectivity index (χ0) is 28.7. The van der Waals surface area contributed by atoms with Crippen LogP contribution >= 0.6 is 0 Å². The molecule has 40 heavy (non-hydrogen) atoms. The van der Waals surface area contributed by atoms with Crippen molar-refractivity contribution in [2.24, 2.45) is 5.92 Å². The molecule has 212 valence electrons. The third-order valence-corrected chi connectivity index (χ3v) is 7.00. The lowest BCUT2D eigenvalue weighted by Crippen LogP contribution is -2.37. The highest BCUT2D eigenvalue weighted by molar-refractivity contribution is 5.78. The Balaban J connectivity index is 1.22. The highest BCUT2D eigenvalue weighted by atomic mass is 19.4. The van der Waals surface area contributed by atoms with Crippen molar-refractivity contribution in [3.05, 3.63) is 77.6 Å². The molecule has 2 heterocycles. The highest BCUT2D eigenvalue weighted by Crippen LogP contribution is 2.31. The molecule has 0 radical (unpaired) electrons. The molecule has 1 fully saturated rings. The van der Waals surface area contributed by atoms with Crippen molar-refractivity contribution in [1.82, 2.24) is 19.9 Å². The largest absolute Gasteiger partial charge is 0.481 e. The first-order chi connectivity index (χ1) is 19.1. The fourth-order valence-electron chi connectivity index (χ4n) is 4.74. The number of aromatic nitrogens is 3. The number of hydrogen-bond acceptors (Lipinski definition) is 5. The normalized spacial score (nSPS) is 18.4. The van der Waals surface area contributed by atoms with Gasteiger partial charge in [-0.2, -0.15) is 13.2 Å². The molecular formula is C30H33F3N4O3. The third-order valence-electron chi connectivity index (χ3n) is 7.00. The molecule has 0 N–H and O–H groups in total. The Bertz CT molecular complexity index is 1320. The van der Waals surface area contributed by atoms with Crippen molar-refractivity contribution in [3.63, 3.8) is 0 Å². The van der Waals surface area contributed by atoms with Crippen LogP contribution < -0.4 is 4.74 Å². The summed E-state index contributed by atoms with van der Waals surface area (Å²) < 4.78 is 51.4. The Morgan fingerprint density at radius 2 is 1.88 bits per heavy atom. The predicted molar refractivity (Wildman–Crippen MR) is 143 cm³/mol. The van der Waals surface area contributed by atoms with Gasteiger partial charge in [0.25, 0.3) is 0 Å². The van der Waals surface area contributed by atoms with Crippen LogP contribution in [0.3, 0.4) is 0 Å². The number of hydrogen-bond donors (Lipinski definition) is 0. The number of halogens is 3. The molecule has 0 bridgehead atoms. The quantitative estimate of drug-likeness (QED) is 0.326. The maximum atomic E-state index is 13.0. The van der Waals surface area contributed by atoms with E-state index >= 15 is 0 Å². The number of rotatable bonds is 9. The van der Waals surface area contributed by atoms with Crippen LogP contribution in [0.15, 0.2) is 60.8 Å². The van der Waals surface area contributed by atoms with Crippen LogP contribution in [0.2, 0.25) is 0 Å². The second-order valence-electron chi connectivity index (χ2n) is 10.1. The van der Waals surface area contributed by atoms with Crippen LogP contribution in [-0.2, 0) is 22.3 Å². The summed E-state index contributed by atoms with van der Waals surface area (Å²) in [5, 5.41) is 8.26. The van der Waals surface area contributed by atoms with Gasteiger partial charge in [-0.1, -0.05) is 48.4 Å². The van der Waals surface area contributed by atoms with Gasteiger partial charge in [0.2, 0.25) is 5.91 Å². The number of benzene rings is 2. The van der Waals surface area contributed by atoms with Crippen molar-refractivity contribution < 1.29 is 27.4 Å². The number of amides is 1. The predicted octanol–water partition coefficient (Wildman–Crippen LogP) is 5.52. The van der Waals surface area contributed by atoms with Crippen molar-refractivity contribution in [2.75, 3.05) is 13.7 Å². The first-order valence-electron chi connectivity index (χ1n) is 13.2. The zero-order valence-corrected chi connectivity index (χ0v) is 22.8. The minimum Gasteiger partial charge on any atom is -0.481 e. The van der Waals surface area contributed by atoms with Crippen molar-refractivity contribution in [2.45, 2.75) is 64.1 Å². The van der Waals surface area contributed by atoms with E-state index in [2.05, 4.69) is 22.2 Å². The van der Waals surface area contributed by atoms with Crippen LogP contribution in [0.5, 0.6) is 5.75 Å². The molecule has 10 heteroatoms. The van der Waals surface area contributed by atoms with E-state index in [9.17, 15) is 18.0 Å². The summed E-state index contributed by atoms with van der Waals surface area (Å²) in [5.41, 5.74) is 0.826. The average Bonchev–Trinajstić information content (AvgIpc) is 3.61. The fourth-order valence-corrected chi connectivity index (χ4v) is 4.74. The number of carbonyl (C=O) groups excluding carboxylic acids is 1. The monoisotopic (exact) mass is 554 g/mol. The van der Waals surface area contributed by atoms with E-state index in [4.69, 9.17) is 9.47 Å². The Hall–Kier alpha value is -3.84. The maximum absolute atomic E-state index is 13.0. The molecule has 1 saturated heterocycles. The number of nitrogens with zero attached hydrogens (tertiary/aromatic N) is 4. The molecule has 0 aliphatic carbocycles. The van der Waals surface area contributed by atoms with Gasteiger partial charge in [-0.15, -0.1) is 5.10 Å². The molecule has 3 aromatic rings. The van der Waals surface area contributed by atoms with Gasteiger partial charge in [-0.05, 0) is 61.9 Å². The SMILES string of the molecule is C[C@H](C[C@@H]1CC[C@H]([C@@H](C)C(=O)N(C)Cc2ccccc2)O1)n1cc(C#CCOc2ccc(C(F)(F)F)cc2)nn1. The number of alkyl halides is 3. The fraction of sp³-hybridized carbons (Fsp3) is 0.433. The molecule has 0 spiro atoms. The summed E-state index contributed by atoms with van der Waals surface area (Å²) in [4.78, 5) is 14.7. The molecule has 0 saturated carbocycles. The van der Waals surface area contributed by atoms with E-state index in [0.29, 0.717) is 18.0 Å². The molecule has 2 aromatic carbocycles. The van der Waals surface area contributed by atoms with Crippen molar-refractivity contribution in [1.29, 1.82) is 0 Å². The average molecular weight is 555 g/mol. The molecule has 1 aliphatic heterocycles. The van der Waals surface area contributed by atoms with Crippen LogP contribution in [0.4, 0.5) is 13.2 Å². The summed E-state index contributed by atoms with van der Waals surface area (Å²) in [6.45, 7) is 4.53. The number of carbonyl (C=O) groups is 1. The van der Waals surface area contributed by atoms with Gasteiger partial charge in [0.1, 0.15) is 12.4 Å². The Morgan fingerprint density at radius 3 is 2.58 bits per heavy atom. The molecule has 1 aromatic heterocycles. The lowest BCUT2D eigenvalue weighted by molar-refractivity contribution is -0.139. The summed E-state index contributed by atoms with van der Waals surface area (Å²) in [5.74, 6) is 5.80. The summed E-state index contributed by atoms with van der Waals surface area (Å²) in [6.07, 6.45) is -0.314. The minimum atomic E-state index is -4.38. The van der Waals surface area contributed by atoms with Crippen LogP contribution in [0.25, 0.3) is 0 Å². The van der Waals surface area contributed by atoms with Gasteiger partial charge < -0.3 is 14.4 Å². The summed E-state index contributed by atoms with van der Waals surface area (Å²) in [6, 6.07) is 14.4. The van der Waals surface area contributed by atoms with Gasteiger partial charge in [0, 0.05) is 13.6 Å². The second-order valence-corrected chi connectivity index (χ2v) is 10.1. The standard InChI is InChI=1S/C30H33F3N4O3/c1-21(18-27-15-16-28(40-27)22(2)29(38)36(3)19-23-8-5-4-6-9-23)37-20-25(34-35-37)10-7-17-39-26-13-11-24(12-14-26)30(31,32)33/h4-6,8-9,11-14,20-22,27-28H,15-19H2,1-3H3/t21-,22-,27+,28-/m1/s1. The van der Waals surface area contributed by atoms with E-state index in [0.717, 1.165) is 37.0 Å². The molecule has 7 nitrogen and oxygen atoms in total. The van der Waals surface area contributed by atoms with E-state index in [-0.39, 0.29) is 36.7 Å². The summed E-state index contributed by atoms with van der Waals surface area (Å²) in [7, 11) is 1.83. The first kappa shape index (κ1) is 29.2. The highest BCUT2D eigenvalue weighted by Gasteiger charge is 2.35. The van der Waals surface area contributed by atoms with Gasteiger partial charge in [0.15, 0.2) is 5.69 Å². The Labute approximate surface area is 232 Å². The first-order valence-corrected chi connectivity index (χ1v) is 13.2. The van der Waals surface area contributed by atoms with E-state index in [1.807, 2.05) is 51.2 Å². The van der Waals surface area contributed by atoms with Crippen LogP contribution in [0, 0.1) is 17.8 Å². The molecule has 4 atom stereocenters. The van der Waals surface area contributed by atoms with Crippen LogP contribution in [-0.4, -0.2) is 51.7 Å². The second kappa shape index (κ2) is 13.0. The lowest BCUT2D eigenvalue weighted by Gasteiger charge is -2.26. The van der Waals surface area contributed by atoms with E-state index < -0.39 is 11.7 Å². The zero-order valence-electron chi connectivity index (χ0n) is 22.8. The molecule has 4 rings (SSSR count). The molecular weight excluding hydrogens is 521 g/mol. The van der Waals surface area contributed by atoms with Gasteiger partial charge >= 0.3 is 6.18 Å². The lowest BCUT2D eigenvalue weighted by atomic mass is 9.99. The van der Waals surface area contributed by atoms with Gasteiger partial charge in [-0.25, -0.2) is 4.68 Å². The van der Waals surface area contributed by atoms with Crippen LogP contribution in [0.1, 0.15) is 56.0 Å². The van der Waals surface area contributed by atoms with Gasteiger partial charge in [-0.3, -0.25) is 4.79 Å². The molecule has 1 aliphatic rings. The van der Waals surface area contributed by atoms with E-state index in [1.54, 1.807) is 15.8 Å². The Kier molecular flexibility index (Phi) is 9.48. The maximum Gasteiger partial charge on any atom is 0.416 e. The summed E-state index contributed by atoms with van der Waals surface area (Å²) >= 11 is 0. The van der Waals surface area contributed by atoms with Gasteiger partial charge in [0.05, 0.1) is 35.9 Å². The van der Waals surface area contributed by atoms with Crippen molar-refractivity contribution in [3.8, 4) is 17.6 Å². The minimum absolute atomic E-state index is 0.00250.